The molecule has 0 aliphatic rings. The van der Waals surface area contributed by atoms with Crippen LogP contribution in [-0.2, 0) is 9.59 Å². The Labute approximate surface area is 113 Å². The van der Waals surface area contributed by atoms with E-state index in [1.807, 2.05) is 0 Å². The van der Waals surface area contributed by atoms with Crippen LogP contribution >= 0.6 is 0 Å². The Morgan fingerprint density at radius 1 is 0.650 bits per heavy atom. The van der Waals surface area contributed by atoms with Crippen molar-refractivity contribution in [3.63, 3.8) is 0 Å². The fraction of sp³-hybridized carbons (Fsp3) is 0. The zero-order valence-corrected chi connectivity index (χ0v) is 10.2. The number of carbonyl (C=O) groups excluding carboxylic acids is 2. The molecule has 102 valence electrons. The summed E-state index contributed by atoms with van der Waals surface area (Å²) in [6, 6.07) is 9.97. The van der Waals surface area contributed by atoms with Gasteiger partial charge in [-0.25, -0.2) is 8.78 Å². The summed E-state index contributed by atoms with van der Waals surface area (Å²) < 4.78 is 25.4. The molecule has 2 rings (SSSR count). The smallest absolute Gasteiger partial charge is 0.314 e. The number of halogens is 2. The Morgan fingerprint density at radius 2 is 0.950 bits per heavy atom. The van der Waals surface area contributed by atoms with E-state index < -0.39 is 23.4 Å². The molecule has 6 heteroatoms. The quantitative estimate of drug-likeness (QED) is 0.828. The molecule has 0 spiro atoms. The number of anilines is 2. The average molecular weight is 276 g/mol. The van der Waals surface area contributed by atoms with Gasteiger partial charge in [0.1, 0.15) is 11.6 Å². The van der Waals surface area contributed by atoms with Crippen LogP contribution in [0.5, 0.6) is 0 Å². The van der Waals surface area contributed by atoms with Crippen molar-refractivity contribution in [1.82, 2.24) is 0 Å². The number of hydrogen-bond acceptors (Lipinski definition) is 2. The second-order valence-corrected chi connectivity index (χ2v) is 3.92. The monoisotopic (exact) mass is 276 g/mol. The van der Waals surface area contributed by atoms with Crippen molar-refractivity contribution in [2.24, 2.45) is 0 Å². The first-order chi connectivity index (χ1) is 9.54. The molecule has 0 radical (unpaired) electrons. The van der Waals surface area contributed by atoms with Gasteiger partial charge < -0.3 is 10.6 Å². The molecular weight excluding hydrogens is 266 g/mol. The first kappa shape index (κ1) is 13.7. The Balaban J connectivity index is 1.96. The highest BCUT2D eigenvalue weighted by molar-refractivity contribution is 6.43. The number of carbonyl (C=O) groups is 2. The fourth-order valence-electron chi connectivity index (χ4n) is 1.44. The average Bonchev–Trinajstić information content (AvgIpc) is 2.44. The lowest BCUT2D eigenvalue weighted by atomic mass is 10.3. The van der Waals surface area contributed by atoms with E-state index in [0.717, 1.165) is 24.3 Å². The van der Waals surface area contributed by atoms with Gasteiger partial charge in [-0.2, -0.15) is 0 Å². The second-order valence-electron chi connectivity index (χ2n) is 3.92. The van der Waals surface area contributed by atoms with Crippen LogP contribution in [0.2, 0.25) is 0 Å². The predicted molar refractivity (Wildman–Crippen MR) is 70.1 cm³/mol. The van der Waals surface area contributed by atoms with Crippen molar-refractivity contribution in [3.8, 4) is 0 Å². The van der Waals surface area contributed by atoms with Crippen molar-refractivity contribution in [2.45, 2.75) is 0 Å². The molecular formula is C14H10F2N2O2. The molecule has 0 aromatic heterocycles. The van der Waals surface area contributed by atoms with Crippen LogP contribution < -0.4 is 10.6 Å². The van der Waals surface area contributed by atoms with Gasteiger partial charge in [-0.05, 0) is 48.5 Å². The van der Waals surface area contributed by atoms with E-state index in [4.69, 9.17) is 0 Å². The third-order valence-corrected chi connectivity index (χ3v) is 2.41. The highest BCUT2D eigenvalue weighted by atomic mass is 19.1. The molecule has 20 heavy (non-hydrogen) atoms. The molecule has 2 amide bonds. The Hall–Kier alpha value is -2.76. The molecule has 0 unspecified atom stereocenters. The third kappa shape index (κ3) is 3.61. The van der Waals surface area contributed by atoms with Crippen LogP contribution in [0.4, 0.5) is 20.2 Å². The first-order valence-electron chi connectivity index (χ1n) is 5.68. The molecule has 0 aliphatic carbocycles. The minimum absolute atomic E-state index is 0.297. The van der Waals surface area contributed by atoms with E-state index in [0.29, 0.717) is 11.4 Å². The lowest BCUT2D eigenvalue weighted by molar-refractivity contribution is -0.132. The topological polar surface area (TPSA) is 58.2 Å². The summed E-state index contributed by atoms with van der Waals surface area (Å²) in [7, 11) is 0. The summed E-state index contributed by atoms with van der Waals surface area (Å²) >= 11 is 0. The van der Waals surface area contributed by atoms with Crippen LogP contribution in [0.25, 0.3) is 0 Å². The molecule has 0 saturated carbocycles. The summed E-state index contributed by atoms with van der Waals surface area (Å²) in [4.78, 5) is 23.2. The number of benzene rings is 2. The molecule has 0 heterocycles. The summed E-state index contributed by atoms with van der Waals surface area (Å²) in [5.74, 6) is -2.70. The summed E-state index contributed by atoms with van der Waals surface area (Å²) in [6.07, 6.45) is 0. The summed E-state index contributed by atoms with van der Waals surface area (Å²) in [5, 5.41) is 4.62. The number of hydrogen-bond donors (Lipinski definition) is 2. The highest BCUT2D eigenvalue weighted by Crippen LogP contribution is 2.10. The van der Waals surface area contributed by atoms with Gasteiger partial charge in [-0.3, -0.25) is 9.59 Å². The third-order valence-electron chi connectivity index (χ3n) is 2.41. The minimum atomic E-state index is -0.902. The van der Waals surface area contributed by atoms with E-state index in [1.165, 1.54) is 24.3 Å². The first-order valence-corrected chi connectivity index (χ1v) is 5.68. The molecule has 4 nitrogen and oxygen atoms in total. The predicted octanol–water partition coefficient (Wildman–Crippen LogP) is 2.54. The molecule has 0 saturated heterocycles. The Morgan fingerprint density at radius 3 is 1.25 bits per heavy atom. The molecule has 0 bridgehead atoms. The van der Waals surface area contributed by atoms with Crippen molar-refractivity contribution < 1.29 is 18.4 Å². The highest BCUT2D eigenvalue weighted by Gasteiger charge is 2.13. The van der Waals surface area contributed by atoms with Crippen LogP contribution in [0.15, 0.2) is 48.5 Å². The van der Waals surface area contributed by atoms with Gasteiger partial charge >= 0.3 is 11.8 Å². The van der Waals surface area contributed by atoms with Crippen LogP contribution in [0.3, 0.4) is 0 Å². The maximum atomic E-state index is 12.7. The lowest BCUT2D eigenvalue weighted by Crippen LogP contribution is -2.29. The maximum Gasteiger partial charge on any atom is 0.314 e. The largest absolute Gasteiger partial charge is 0.318 e. The maximum absolute atomic E-state index is 12.7. The van der Waals surface area contributed by atoms with E-state index >= 15 is 0 Å². The normalized spacial score (nSPS) is 9.90. The lowest BCUT2D eigenvalue weighted by Gasteiger charge is -2.06. The van der Waals surface area contributed by atoms with E-state index in [1.54, 1.807) is 0 Å². The van der Waals surface area contributed by atoms with Crippen LogP contribution in [0.1, 0.15) is 0 Å². The van der Waals surface area contributed by atoms with Crippen molar-refractivity contribution in [3.05, 3.63) is 60.2 Å². The molecule has 2 aromatic carbocycles. The van der Waals surface area contributed by atoms with Gasteiger partial charge in [0.05, 0.1) is 0 Å². The summed E-state index contributed by atoms with van der Waals surface area (Å²) in [5.41, 5.74) is 0.594. The fourth-order valence-corrected chi connectivity index (χ4v) is 1.44. The van der Waals surface area contributed by atoms with Gasteiger partial charge in [-0.1, -0.05) is 0 Å². The zero-order chi connectivity index (χ0) is 14.5. The number of rotatable bonds is 2. The summed E-state index contributed by atoms with van der Waals surface area (Å²) in [6.45, 7) is 0. The van der Waals surface area contributed by atoms with Gasteiger partial charge in [0.2, 0.25) is 0 Å². The zero-order valence-electron chi connectivity index (χ0n) is 10.2. The molecule has 2 aromatic rings. The van der Waals surface area contributed by atoms with Crippen molar-refractivity contribution >= 4 is 23.2 Å². The second kappa shape index (κ2) is 5.92. The van der Waals surface area contributed by atoms with Crippen molar-refractivity contribution in [1.29, 1.82) is 0 Å². The Kier molecular flexibility index (Phi) is 4.05. The Bertz CT molecular complexity index is 567. The number of nitrogens with one attached hydrogen (secondary N) is 2. The standard InChI is InChI=1S/C14H10F2N2O2/c15-9-1-5-11(6-2-9)17-13(19)14(20)18-12-7-3-10(16)4-8-12/h1-8H,(H,17,19)(H,18,20). The van der Waals surface area contributed by atoms with E-state index in [-0.39, 0.29) is 0 Å². The SMILES string of the molecule is O=C(Nc1ccc(F)cc1)C(=O)Nc1ccc(F)cc1. The molecule has 0 atom stereocenters. The van der Waals surface area contributed by atoms with E-state index in [2.05, 4.69) is 10.6 Å². The van der Waals surface area contributed by atoms with Gasteiger partial charge in [0.25, 0.3) is 0 Å². The molecule has 2 N–H and O–H groups in total. The van der Waals surface area contributed by atoms with Crippen molar-refractivity contribution in [2.75, 3.05) is 10.6 Å². The minimum Gasteiger partial charge on any atom is -0.318 e. The van der Waals surface area contributed by atoms with Gasteiger partial charge in [0.15, 0.2) is 0 Å². The molecule has 0 fully saturated rings. The van der Waals surface area contributed by atoms with E-state index in [9.17, 15) is 18.4 Å². The van der Waals surface area contributed by atoms with Crippen LogP contribution in [0, 0.1) is 11.6 Å². The van der Waals surface area contributed by atoms with Crippen LogP contribution in [-0.4, -0.2) is 11.8 Å². The number of amides is 2. The van der Waals surface area contributed by atoms with Gasteiger partial charge in [0, 0.05) is 11.4 Å². The van der Waals surface area contributed by atoms with Gasteiger partial charge in [-0.15, -0.1) is 0 Å². The molecule has 0 aliphatic heterocycles.